The molecule has 0 heterocycles. The van der Waals surface area contributed by atoms with Crippen LogP contribution in [0.25, 0.3) is 0 Å². The van der Waals surface area contributed by atoms with Crippen LogP contribution in [0.3, 0.4) is 0 Å². The van der Waals surface area contributed by atoms with Crippen LogP contribution in [0.15, 0.2) is 49.1 Å². The van der Waals surface area contributed by atoms with Crippen LogP contribution in [-0.4, -0.2) is 48.6 Å². The maximum absolute atomic E-state index is 13.2. The first-order chi connectivity index (χ1) is 16.2. The molecule has 12 heteroatoms. The van der Waals surface area contributed by atoms with Gasteiger partial charge in [0, 0.05) is 26.7 Å². The van der Waals surface area contributed by atoms with Crippen LogP contribution in [0.4, 0.5) is 18.0 Å². The number of alkyl halides is 3. The van der Waals surface area contributed by atoms with E-state index in [1.165, 1.54) is 50.5 Å². The first-order valence-electron chi connectivity index (χ1n) is 9.98. The van der Waals surface area contributed by atoms with Crippen molar-refractivity contribution in [3.63, 3.8) is 0 Å². The van der Waals surface area contributed by atoms with Crippen LogP contribution in [0.5, 0.6) is 5.75 Å². The quantitative estimate of drug-likeness (QED) is 0.306. The first kappa shape index (κ1) is 29.1. The Morgan fingerprint density at radius 1 is 0.971 bits per heavy atom. The molecule has 0 N–H and O–H groups in total. The molecule has 0 aromatic heterocycles. The summed E-state index contributed by atoms with van der Waals surface area (Å²) in [7, 11) is 2.59. The minimum Gasteiger partial charge on any atom is -0.410 e. The van der Waals surface area contributed by atoms with Crippen molar-refractivity contribution in [2.45, 2.75) is 24.6 Å². The highest BCUT2D eigenvalue weighted by Gasteiger charge is 2.43. The highest BCUT2D eigenvalue weighted by Crippen LogP contribution is 2.37. The molecule has 0 aliphatic heterocycles. The zero-order valence-corrected chi connectivity index (χ0v) is 21.7. The number of rotatable bonds is 8. The number of likely N-dealkylation sites (N-methyl/N-ethyl adjacent to an activating group) is 2. The van der Waals surface area contributed by atoms with Gasteiger partial charge in [-0.25, -0.2) is 4.79 Å². The minimum atomic E-state index is -4.70. The van der Waals surface area contributed by atoms with Gasteiger partial charge >= 0.3 is 12.3 Å². The van der Waals surface area contributed by atoms with E-state index in [-0.39, 0.29) is 38.8 Å². The van der Waals surface area contributed by atoms with Crippen molar-refractivity contribution in [3.05, 3.63) is 74.7 Å². The lowest BCUT2D eigenvalue weighted by Crippen LogP contribution is -2.55. The Hall–Kier alpha value is -2.13. The van der Waals surface area contributed by atoms with Crippen molar-refractivity contribution in [1.29, 1.82) is 0 Å². The number of ether oxygens (including phenoxy) is 1. The molecule has 190 valence electrons. The Bertz CT molecular complexity index is 1110. The molecular formula is C23H21Cl4F3N2O3. The van der Waals surface area contributed by atoms with Gasteiger partial charge in [0.05, 0.1) is 25.6 Å². The summed E-state index contributed by atoms with van der Waals surface area (Å²) in [6, 6.07) is 8.70. The Labute approximate surface area is 220 Å². The topological polar surface area (TPSA) is 49.9 Å². The molecule has 0 aliphatic carbocycles. The molecule has 2 amide bonds. The SMILES string of the molecule is C=CCC(CN(C)C(=O)CC(F)(F)F)(c1ccc(Cl)c(Cl)c1)N(C)C(=O)Oc1ccc(Cl)c(Cl)c1. The van der Waals surface area contributed by atoms with E-state index in [1.807, 2.05) is 0 Å². The van der Waals surface area contributed by atoms with Crippen LogP contribution in [0, 0.1) is 0 Å². The molecular weight excluding hydrogens is 551 g/mol. The summed E-state index contributed by atoms with van der Waals surface area (Å²) >= 11 is 24.1. The Morgan fingerprint density at radius 3 is 2.06 bits per heavy atom. The van der Waals surface area contributed by atoms with Gasteiger partial charge in [0.25, 0.3) is 0 Å². The van der Waals surface area contributed by atoms with Crippen LogP contribution in [0.2, 0.25) is 20.1 Å². The lowest BCUT2D eigenvalue weighted by Gasteiger charge is -2.43. The third-order valence-electron chi connectivity index (χ3n) is 5.23. The van der Waals surface area contributed by atoms with Crippen molar-refractivity contribution in [1.82, 2.24) is 9.80 Å². The second-order valence-corrected chi connectivity index (χ2v) is 9.33. The molecule has 2 aromatic rings. The molecule has 1 unspecified atom stereocenters. The van der Waals surface area contributed by atoms with E-state index in [1.54, 1.807) is 6.07 Å². The summed E-state index contributed by atoms with van der Waals surface area (Å²) in [6.45, 7) is 3.38. The second-order valence-electron chi connectivity index (χ2n) is 7.70. The molecule has 0 saturated heterocycles. The number of nitrogens with zero attached hydrogens (tertiary/aromatic N) is 2. The number of benzene rings is 2. The van der Waals surface area contributed by atoms with Gasteiger partial charge in [0.1, 0.15) is 12.2 Å². The molecule has 0 aliphatic rings. The Kier molecular flexibility index (Phi) is 9.76. The molecule has 1 atom stereocenters. The standard InChI is InChI=1S/C23H21Cl4F3N2O3/c1-4-9-22(14-5-7-16(24)18(26)10-14,13-31(2)20(33)12-23(28,29)30)32(3)21(34)35-15-6-8-17(25)19(27)11-15/h4-8,10-11H,1,9,12-13H2,2-3H3. The van der Waals surface area contributed by atoms with Crippen LogP contribution in [0.1, 0.15) is 18.4 Å². The maximum Gasteiger partial charge on any atom is 0.415 e. The van der Waals surface area contributed by atoms with E-state index >= 15 is 0 Å². The van der Waals surface area contributed by atoms with Crippen molar-refractivity contribution in [3.8, 4) is 5.75 Å². The molecule has 0 bridgehead atoms. The normalized spacial score (nSPS) is 13.1. The maximum atomic E-state index is 13.2. The van der Waals surface area contributed by atoms with Gasteiger partial charge in [-0.15, -0.1) is 6.58 Å². The minimum absolute atomic E-state index is 0.0293. The van der Waals surface area contributed by atoms with E-state index < -0.39 is 30.1 Å². The van der Waals surface area contributed by atoms with Gasteiger partial charge in [0.15, 0.2) is 0 Å². The van der Waals surface area contributed by atoms with Crippen molar-refractivity contribution in [2.24, 2.45) is 0 Å². The lowest BCUT2D eigenvalue weighted by atomic mass is 9.84. The second kappa shape index (κ2) is 11.7. The summed E-state index contributed by atoms with van der Waals surface area (Å²) in [5.41, 5.74) is -1.02. The summed E-state index contributed by atoms with van der Waals surface area (Å²) < 4.78 is 44.0. The van der Waals surface area contributed by atoms with Gasteiger partial charge in [0.2, 0.25) is 5.91 Å². The number of hydrogen-bond donors (Lipinski definition) is 0. The summed E-state index contributed by atoms with van der Waals surface area (Å²) in [5.74, 6) is -1.10. The number of halogens is 7. The van der Waals surface area contributed by atoms with Crippen molar-refractivity contribution >= 4 is 58.4 Å². The van der Waals surface area contributed by atoms with E-state index in [0.29, 0.717) is 5.56 Å². The van der Waals surface area contributed by atoms with E-state index in [0.717, 1.165) is 9.80 Å². The van der Waals surface area contributed by atoms with E-state index in [2.05, 4.69) is 6.58 Å². The summed E-state index contributed by atoms with van der Waals surface area (Å²) in [6.07, 6.45) is -5.75. The Balaban J connectivity index is 2.53. The molecule has 35 heavy (non-hydrogen) atoms. The monoisotopic (exact) mass is 570 g/mol. The molecule has 0 spiro atoms. The number of amides is 2. The van der Waals surface area contributed by atoms with Crippen molar-refractivity contribution in [2.75, 3.05) is 20.6 Å². The molecule has 2 rings (SSSR count). The average molecular weight is 572 g/mol. The average Bonchev–Trinajstić information content (AvgIpc) is 2.76. The third-order valence-corrected chi connectivity index (χ3v) is 6.71. The first-order valence-corrected chi connectivity index (χ1v) is 11.5. The zero-order chi connectivity index (χ0) is 26.6. The summed E-state index contributed by atoms with van der Waals surface area (Å²) in [5, 5.41) is 0.777. The zero-order valence-electron chi connectivity index (χ0n) is 18.6. The number of carbonyl (C=O) groups is 2. The van der Waals surface area contributed by atoms with E-state index in [9.17, 15) is 22.8 Å². The fraction of sp³-hybridized carbons (Fsp3) is 0.304. The van der Waals surface area contributed by atoms with Gasteiger partial charge < -0.3 is 9.64 Å². The van der Waals surface area contributed by atoms with Crippen LogP contribution in [-0.2, 0) is 10.3 Å². The van der Waals surface area contributed by atoms with Crippen molar-refractivity contribution < 1.29 is 27.5 Å². The smallest absolute Gasteiger partial charge is 0.410 e. The molecule has 0 saturated carbocycles. The number of carbonyl (C=O) groups excluding carboxylic acids is 2. The lowest BCUT2D eigenvalue weighted by molar-refractivity contribution is -0.161. The predicted octanol–water partition coefficient (Wildman–Crippen LogP) is 7.61. The molecule has 0 radical (unpaired) electrons. The van der Waals surface area contributed by atoms with Gasteiger partial charge in [-0.05, 0) is 36.2 Å². The fourth-order valence-corrected chi connectivity index (χ4v) is 3.99. The highest BCUT2D eigenvalue weighted by molar-refractivity contribution is 6.42. The summed E-state index contributed by atoms with van der Waals surface area (Å²) in [4.78, 5) is 27.6. The van der Waals surface area contributed by atoms with Gasteiger partial charge in [-0.3, -0.25) is 9.69 Å². The molecule has 5 nitrogen and oxygen atoms in total. The van der Waals surface area contributed by atoms with Gasteiger partial charge in [-0.2, -0.15) is 13.2 Å². The Morgan fingerprint density at radius 2 is 1.54 bits per heavy atom. The molecule has 2 aromatic carbocycles. The van der Waals surface area contributed by atoms with Gasteiger partial charge in [-0.1, -0.05) is 58.5 Å². The number of hydrogen-bond acceptors (Lipinski definition) is 3. The molecule has 0 fully saturated rings. The largest absolute Gasteiger partial charge is 0.415 e. The predicted molar refractivity (Wildman–Crippen MR) is 132 cm³/mol. The fourth-order valence-electron chi connectivity index (χ4n) is 3.41. The highest BCUT2D eigenvalue weighted by atomic mass is 35.5. The third kappa shape index (κ3) is 7.43. The van der Waals surface area contributed by atoms with Crippen LogP contribution >= 0.6 is 46.4 Å². The van der Waals surface area contributed by atoms with Crippen LogP contribution < -0.4 is 4.74 Å². The van der Waals surface area contributed by atoms with E-state index in [4.69, 9.17) is 51.1 Å².